The lowest BCUT2D eigenvalue weighted by atomic mass is 10.0. The highest BCUT2D eigenvalue weighted by molar-refractivity contribution is 6.10. The monoisotopic (exact) mass is 320 g/mol. The maximum Gasteiger partial charge on any atom is 0.274 e. The Morgan fingerprint density at radius 2 is 1.75 bits per heavy atom. The van der Waals surface area contributed by atoms with Gasteiger partial charge in [0.15, 0.2) is 0 Å². The number of rotatable bonds is 3. The fourth-order valence-electron chi connectivity index (χ4n) is 2.95. The molecule has 0 saturated carbocycles. The van der Waals surface area contributed by atoms with Crippen LogP contribution < -0.4 is 10.2 Å². The van der Waals surface area contributed by atoms with Crippen molar-refractivity contribution in [3.05, 3.63) is 71.4 Å². The Morgan fingerprint density at radius 1 is 1.04 bits per heavy atom. The molecule has 24 heavy (non-hydrogen) atoms. The summed E-state index contributed by atoms with van der Waals surface area (Å²) in [6.07, 6.45) is 3.61. The van der Waals surface area contributed by atoms with E-state index in [1.165, 1.54) is 12.5 Å². The second-order valence-electron chi connectivity index (χ2n) is 5.84. The molecule has 0 unspecified atom stereocenters. The summed E-state index contributed by atoms with van der Waals surface area (Å²) >= 11 is 0. The summed E-state index contributed by atoms with van der Waals surface area (Å²) in [6.45, 7) is 2.07. The zero-order valence-corrected chi connectivity index (χ0v) is 13.7. The van der Waals surface area contributed by atoms with Crippen molar-refractivity contribution in [3.8, 4) is 0 Å². The predicted molar refractivity (Wildman–Crippen MR) is 95.4 cm³/mol. The average Bonchev–Trinajstić information content (AvgIpc) is 2.60. The van der Waals surface area contributed by atoms with Crippen LogP contribution >= 0.6 is 0 Å². The van der Waals surface area contributed by atoms with Crippen molar-refractivity contribution in [2.75, 3.05) is 11.4 Å². The maximum absolute atomic E-state index is 13.0. The van der Waals surface area contributed by atoms with Crippen LogP contribution in [0.5, 0.6) is 0 Å². The van der Waals surface area contributed by atoms with E-state index in [4.69, 9.17) is 0 Å². The summed E-state index contributed by atoms with van der Waals surface area (Å²) in [4.78, 5) is 26.4. The zero-order chi connectivity index (χ0) is 16.9. The minimum atomic E-state index is -0.254. The maximum atomic E-state index is 13.0. The molecule has 1 heterocycles. The Bertz CT molecular complexity index is 781. The quantitative estimate of drug-likeness (QED) is 0.883. The van der Waals surface area contributed by atoms with Crippen molar-refractivity contribution in [2.45, 2.75) is 19.8 Å². The second-order valence-corrected chi connectivity index (χ2v) is 5.84. The molecule has 0 bridgehead atoms. The molecular formula is C20H20N2O2. The number of fused-ring (bicyclic) bond motifs is 1. The third-order valence-corrected chi connectivity index (χ3v) is 4.01. The van der Waals surface area contributed by atoms with Gasteiger partial charge in [0, 0.05) is 19.2 Å². The van der Waals surface area contributed by atoms with Crippen LogP contribution in [0.2, 0.25) is 0 Å². The normalized spacial score (nSPS) is 14.0. The molecule has 3 rings (SSSR count). The van der Waals surface area contributed by atoms with Crippen LogP contribution in [0.3, 0.4) is 0 Å². The highest BCUT2D eigenvalue weighted by atomic mass is 16.2. The molecule has 2 amide bonds. The molecule has 1 aliphatic heterocycles. The zero-order valence-electron chi connectivity index (χ0n) is 13.7. The van der Waals surface area contributed by atoms with Crippen LogP contribution in [0.25, 0.3) is 6.08 Å². The number of benzene rings is 2. The van der Waals surface area contributed by atoms with Crippen LogP contribution in [-0.2, 0) is 16.0 Å². The van der Waals surface area contributed by atoms with E-state index in [0.29, 0.717) is 12.2 Å². The van der Waals surface area contributed by atoms with Gasteiger partial charge >= 0.3 is 0 Å². The molecule has 0 spiro atoms. The standard InChI is InChI=1S/C20H20N2O2/c1-15(23)21-18(14-16-8-3-2-4-9-16)20(24)22-13-7-11-17-10-5-6-12-19(17)22/h2-6,8-10,12,14H,7,11,13H2,1H3,(H,21,23). The summed E-state index contributed by atoms with van der Waals surface area (Å²) in [5.74, 6) is -0.433. The molecule has 1 N–H and O–H groups in total. The van der Waals surface area contributed by atoms with Crippen LogP contribution in [0.15, 0.2) is 60.3 Å². The summed E-state index contributed by atoms with van der Waals surface area (Å²) in [7, 11) is 0. The molecule has 4 heteroatoms. The first-order valence-electron chi connectivity index (χ1n) is 8.09. The largest absolute Gasteiger partial charge is 0.322 e. The minimum Gasteiger partial charge on any atom is -0.322 e. The van der Waals surface area contributed by atoms with Gasteiger partial charge in [0.1, 0.15) is 5.70 Å². The van der Waals surface area contributed by atoms with Gasteiger partial charge in [-0.3, -0.25) is 9.59 Å². The van der Waals surface area contributed by atoms with E-state index in [0.717, 1.165) is 24.1 Å². The number of anilines is 1. The van der Waals surface area contributed by atoms with Crippen LogP contribution in [0, 0.1) is 0 Å². The number of amides is 2. The highest BCUT2D eigenvalue weighted by Crippen LogP contribution is 2.27. The lowest BCUT2D eigenvalue weighted by Gasteiger charge is -2.30. The molecule has 0 aliphatic carbocycles. The molecule has 122 valence electrons. The molecule has 0 radical (unpaired) electrons. The summed E-state index contributed by atoms with van der Waals surface area (Å²) in [6, 6.07) is 17.4. The Hall–Kier alpha value is -2.88. The van der Waals surface area contributed by atoms with Gasteiger partial charge < -0.3 is 10.2 Å². The topological polar surface area (TPSA) is 49.4 Å². The second kappa shape index (κ2) is 7.13. The van der Waals surface area contributed by atoms with E-state index in [9.17, 15) is 9.59 Å². The highest BCUT2D eigenvalue weighted by Gasteiger charge is 2.25. The van der Waals surface area contributed by atoms with E-state index in [-0.39, 0.29) is 11.8 Å². The number of carbonyl (C=O) groups is 2. The Labute approximate surface area is 141 Å². The fraction of sp³-hybridized carbons (Fsp3) is 0.200. The van der Waals surface area contributed by atoms with Crippen molar-refractivity contribution in [1.82, 2.24) is 5.32 Å². The first kappa shape index (κ1) is 16.0. The van der Waals surface area contributed by atoms with Crippen molar-refractivity contribution < 1.29 is 9.59 Å². The number of nitrogens with one attached hydrogen (secondary N) is 1. The lowest BCUT2D eigenvalue weighted by Crippen LogP contribution is -2.40. The molecule has 2 aromatic rings. The van der Waals surface area contributed by atoms with Crippen molar-refractivity contribution in [2.24, 2.45) is 0 Å². The molecule has 0 aromatic heterocycles. The van der Waals surface area contributed by atoms with E-state index < -0.39 is 0 Å². The molecule has 0 atom stereocenters. The molecule has 0 saturated heterocycles. The van der Waals surface area contributed by atoms with Gasteiger partial charge in [-0.2, -0.15) is 0 Å². The van der Waals surface area contributed by atoms with Gasteiger partial charge in [0.05, 0.1) is 0 Å². The summed E-state index contributed by atoms with van der Waals surface area (Å²) < 4.78 is 0. The van der Waals surface area contributed by atoms with Gasteiger partial charge in [0.2, 0.25) is 5.91 Å². The first-order valence-corrected chi connectivity index (χ1v) is 8.09. The van der Waals surface area contributed by atoms with E-state index in [1.807, 2.05) is 54.6 Å². The third-order valence-electron chi connectivity index (χ3n) is 4.01. The number of aryl methyl sites for hydroxylation is 1. The van der Waals surface area contributed by atoms with Crippen LogP contribution in [-0.4, -0.2) is 18.4 Å². The van der Waals surface area contributed by atoms with Gasteiger partial charge in [0.25, 0.3) is 5.91 Å². The first-order chi connectivity index (χ1) is 11.6. The minimum absolute atomic E-state index is 0.179. The molecule has 1 aliphatic rings. The van der Waals surface area contributed by atoms with Gasteiger partial charge in [-0.15, -0.1) is 0 Å². The van der Waals surface area contributed by atoms with Crippen molar-refractivity contribution in [1.29, 1.82) is 0 Å². The molecular weight excluding hydrogens is 300 g/mol. The number of hydrogen-bond acceptors (Lipinski definition) is 2. The Balaban J connectivity index is 1.95. The smallest absolute Gasteiger partial charge is 0.274 e. The predicted octanol–water partition coefficient (Wildman–Crippen LogP) is 3.14. The fourth-order valence-corrected chi connectivity index (χ4v) is 2.95. The average molecular weight is 320 g/mol. The summed E-state index contributed by atoms with van der Waals surface area (Å²) in [5, 5.41) is 2.69. The van der Waals surface area contributed by atoms with Crippen molar-refractivity contribution >= 4 is 23.6 Å². The van der Waals surface area contributed by atoms with Crippen LogP contribution in [0.4, 0.5) is 5.69 Å². The molecule has 4 nitrogen and oxygen atoms in total. The van der Waals surface area contributed by atoms with Gasteiger partial charge in [-0.05, 0) is 36.1 Å². The lowest BCUT2D eigenvalue weighted by molar-refractivity contribution is -0.121. The number of para-hydroxylation sites is 1. The number of nitrogens with zero attached hydrogens (tertiary/aromatic N) is 1. The van der Waals surface area contributed by atoms with Gasteiger partial charge in [-0.25, -0.2) is 0 Å². The third kappa shape index (κ3) is 3.54. The molecule has 2 aromatic carbocycles. The Morgan fingerprint density at radius 3 is 2.50 bits per heavy atom. The number of carbonyl (C=O) groups excluding carboxylic acids is 2. The number of hydrogen-bond donors (Lipinski definition) is 1. The van der Waals surface area contributed by atoms with E-state index in [1.54, 1.807) is 11.0 Å². The van der Waals surface area contributed by atoms with E-state index in [2.05, 4.69) is 5.32 Å². The molecule has 0 fully saturated rings. The van der Waals surface area contributed by atoms with Crippen molar-refractivity contribution in [3.63, 3.8) is 0 Å². The Kier molecular flexibility index (Phi) is 4.75. The SMILES string of the molecule is CC(=O)NC(=Cc1ccccc1)C(=O)N1CCCc2ccccc21. The van der Waals surface area contributed by atoms with Gasteiger partial charge in [-0.1, -0.05) is 48.5 Å². The summed E-state index contributed by atoms with van der Waals surface area (Å²) in [5.41, 5.74) is 3.27. The van der Waals surface area contributed by atoms with E-state index >= 15 is 0 Å². The van der Waals surface area contributed by atoms with Crippen LogP contribution in [0.1, 0.15) is 24.5 Å².